The van der Waals surface area contributed by atoms with Gasteiger partial charge in [-0.25, -0.2) is 4.39 Å². The summed E-state index contributed by atoms with van der Waals surface area (Å²) >= 11 is 0. The Morgan fingerprint density at radius 2 is 2.10 bits per heavy atom. The summed E-state index contributed by atoms with van der Waals surface area (Å²) in [6, 6.07) is 10.3. The molecular weight excluding hydrogens is 269 g/mol. The first-order valence-electron chi connectivity index (χ1n) is 7.15. The fourth-order valence-electron chi connectivity index (χ4n) is 2.73. The molecule has 0 saturated heterocycles. The molecule has 3 rings (SSSR count). The molecule has 0 spiro atoms. The highest BCUT2D eigenvalue weighted by Gasteiger charge is 2.20. The largest absolute Gasteiger partial charge is 0.504 e. The van der Waals surface area contributed by atoms with Crippen molar-refractivity contribution in [2.24, 2.45) is 0 Å². The van der Waals surface area contributed by atoms with Gasteiger partial charge in [-0.15, -0.1) is 0 Å². The molecule has 21 heavy (non-hydrogen) atoms. The summed E-state index contributed by atoms with van der Waals surface area (Å²) in [5.41, 5.74) is 3.18. The number of anilines is 1. The Bertz CT molecular complexity index is 657. The second kappa shape index (κ2) is 5.64. The Hall–Kier alpha value is -2.23. The van der Waals surface area contributed by atoms with Crippen LogP contribution in [0.3, 0.4) is 0 Å². The van der Waals surface area contributed by atoms with Crippen LogP contribution >= 0.6 is 0 Å². The van der Waals surface area contributed by atoms with Crippen molar-refractivity contribution in [2.75, 3.05) is 18.1 Å². The standard InChI is InChI=1S/C17H18FNO2/c1-2-21-17-9-12(3-6-16(17)20)11-19-8-7-13-4-5-14(18)10-15(13)19/h3-6,9-10,20H,2,7-8,11H2,1H3. The van der Waals surface area contributed by atoms with E-state index in [0.717, 1.165) is 24.2 Å². The number of halogens is 1. The maximum Gasteiger partial charge on any atom is 0.161 e. The quantitative estimate of drug-likeness (QED) is 0.934. The molecule has 0 aliphatic carbocycles. The van der Waals surface area contributed by atoms with Gasteiger partial charge in [0.15, 0.2) is 11.5 Å². The molecule has 1 aliphatic heterocycles. The van der Waals surface area contributed by atoms with E-state index in [1.165, 1.54) is 11.6 Å². The Balaban J connectivity index is 1.83. The van der Waals surface area contributed by atoms with Crippen molar-refractivity contribution in [3.8, 4) is 11.5 Å². The molecular formula is C17H18FNO2. The minimum atomic E-state index is -0.207. The van der Waals surface area contributed by atoms with Crippen LogP contribution in [0, 0.1) is 5.82 Å². The highest BCUT2D eigenvalue weighted by atomic mass is 19.1. The second-order valence-corrected chi connectivity index (χ2v) is 5.18. The summed E-state index contributed by atoms with van der Waals surface area (Å²) in [6.07, 6.45) is 0.937. The van der Waals surface area contributed by atoms with Gasteiger partial charge in [-0.2, -0.15) is 0 Å². The van der Waals surface area contributed by atoms with Gasteiger partial charge in [0.2, 0.25) is 0 Å². The zero-order valence-electron chi connectivity index (χ0n) is 12.0. The first kappa shape index (κ1) is 13.7. The number of nitrogens with zero attached hydrogens (tertiary/aromatic N) is 1. The average molecular weight is 287 g/mol. The van der Waals surface area contributed by atoms with E-state index in [1.54, 1.807) is 12.1 Å². The van der Waals surface area contributed by atoms with Gasteiger partial charge in [0.05, 0.1) is 6.61 Å². The molecule has 1 heterocycles. The Labute approximate surface area is 123 Å². The Morgan fingerprint density at radius 3 is 2.90 bits per heavy atom. The summed E-state index contributed by atoms with van der Waals surface area (Å²) < 4.78 is 18.8. The number of phenolic OH excluding ortho intramolecular Hbond substituents is 1. The zero-order chi connectivity index (χ0) is 14.8. The van der Waals surface area contributed by atoms with Crippen molar-refractivity contribution < 1.29 is 14.2 Å². The molecule has 4 heteroatoms. The van der Waals surface area contributed by atoms with Crippen LogP contribution in [0.25, 0.3) is 0 Å². The molecule has 2 aromatic rings. The van der Waals surface area contributed by atoms with Gasteiger partial charge in [-0.1, -0.05) is 12.1 Å². The first-order valence-corrected chi connectivity index (χ1v) is 7.15. The first-order chi connectivity index (χ1) is 10.2. The van der Waals surface area contributed by atoms with Crippen LogP contribution in [-0.4, -0.2) is 18.3 Å². The normalized spacial score (nSPS) is 13.3. The highest BCUT2D eigenvalue weighted by Crippen LogP contribution is 2.32. The van der Waals surface area contributed by atoms with Gasteiger partial charge in [0, 0.05) is 18.8 Å². The van der Waals surface area contributed by atoms with Crippen LogP contribution < -0.4 is 9.64 Å². The third-order valence-electron chi connectivity index (χ3n) is 3.74. The maximum atomic E-state index is 13.4. The van der Waals surface area contributed by atoms with Gasteiger partial charge in [0.1, 0.15) is 5.82 Å². The molecule has 0 atom stereocenters. The molecule has 1 aliphatic rings. The van der Waals surface area contributed by atoms with Crippen LogP contribution in [0.2, 0.25) is 0 Å². The maximum absolute atomic E-state index is 13.4. The van der Waals surface area contributed by atoms with E-state index in [2.05, 4.69) is 4.90 Å². The average Bonchev–Trinajstić information content (AvgIpc) is 2.85. The number of rotatable bonds is 4. The molecule has 0 bridgehead atoms. The van der Waals surface area contributed by atoms with Crippen molar-refractivity contribution in [3.63, 3.8) is 0 Å². The third-order valence-corrected chi connectivity index (χ3v) is 3.74. The van der Waals surface area contributed by atoms with E-state index < -0.39 is 0 Å². The van der Waals surface area contributed by atoms with Gasteiger partial charge < -0.3 is 14.7 Å². The topological polar surface area (TPSA) is 32.7 Å². The molecule has 2 aromatic carbocycles. The molecule has 0 radical (unpaired) electrons. The third kappa shape index (κ3) is 2.79. The molecule has 3 nitrogen and oxygen atoms in total. The lowest BCUT2D eigenvalue weighted by molar-refractivity contribution is 0.317. The predicted molar refractivity (Wildman–Crippen MR) is 80.4 cm³/mol. The summed E-state index contributed by atoms with van der Waals surface area (Å²) in [7, 11) is 0. The molecule has 0 unspecified atom stereocenters. The predicted octanol–water partition coefficient (Wildman–Crippen LogP) is 3.49. The molecule has 0 aromatic heterocycles. The van der Waals surface area contributed by atoms with Gasteiger partial charge in [-0.3, -0.25) is 0 Å². The van der Waals surface area contributed by atoms with Crippen molar-refractivity contribution in [1.82, 2.24) is 0 Å². The minimum absolute atomic E-state index is 0.147. The van der Waals surface area contributed by atoms with Gasteiger partial charge in [-0.05, 0) is 48.7 Å². The monoisotopic (exact) mass is 287 g/mol. The SMILES string of the molecule is CCOc1cc(CN2CCc3ccc(F)cc32)ccc1O. The zero-order valence-corrected chi connectivity index (χ0v) is 12.0. The van der Waals surface area contributed by atoms with Crippen molar-refractivity contribution in [3.05, 3.63) is 53.3 Å². The van der Waals surface area contributed by atoms with E-state index in [4.69, 9.17) is 4.74 Å². The minimum Gasteiger partial charge on any atom is -0.504 e. The number of hydrogen-bond acceptors (Lipinski definition) is 3. The molecule has 1 N–H and O–H groups in total. The summed E-state index contributed by atoms with van der Waals surface area (Å²) in [6.45, 7) is 3.95. The van der Waals surface area contributed by atoms with E-state index in [0.29, 0.717) is 18.9 Å². The highest BCUT2D eigenvalue weighted by molar-refractivity contribution is 5.58. The van der Waals surface area contributed by atoms with Crippen LogP contribution in [0.1, 0.15) is 18.1 Å². The number of hydrogen-bond donors (Lipinski definition) is 1. The van der Waals surface area contributed by atoms with E-state index in [-0.39, 0.29) is 11.6 Å². The fourth-order valence-corrected chi connectivity index (χ4v) is 2.73. The number of phenols is 1. The van der Waals surface area contributed by atoms with Gasteiger partial charge >= 0.3 is 0 Å². The van der Waals surface area contributed by atoms with E-state index >= 15 is 0 Å². The van der Waals surface area contributed by atoms with Crippen LogP contribution in [-0.2, 0) is 13.0 Å². The molecule has 0 amide bonds. The van der Waals surface area contributed by atoms with Crippen molar-refractivity contribution in [1.29, 1.82) is 0 Å². The van der Waals surface area contributed by atoms with Crippen LogP contribution in [0.5, 0.6) is 11.5 Å². The van der Waals surface area contributed by atoms with Crippen LogP contribution in [0.4, 0.5) is 10.1 Å². The Morgan fingerprint density at radius 1 is 1.24 bits per heavy atom. The number of fused-ring (bicyclic) bond motifs is 1. The fraction of sp³-hybridized carbons (Fsp3) is 0.294. The summed E-state index contributed by atoms with van der Waals surface area (Å²) in [5.74, 6) is 0.434. The second-order valence-electron chi connectivity index (χ2n) is 5.18. The van der Waals surface area contributed by atoms with Crippen LogP contribution in [0.15, 0.2) is 36.4 Å². The van der Waals surface area contributed by atoms with Crippen molar-refractivity contribution >= 4 is 5.69 Å². The number of ether oxygens (including phenoxy) is 1. The number of benzene rings is 2. The lowest BCUT2D eigenvalue weighted by atomic mass is 10.1. The molecule has 0 saturated carbocycles. The van der Waals surface area contributed by atoms with Crippen molar-refractivity contribution in [2.45, 2.75) is 19.9 Å². The van der Waals surface area contributed by atoms with Gasteiger partial charge in [0.25, 0.3) is 0 Å². The Kier molecular flexibility index (Phi) is 3.69. The number of aromatic hydroxyl groups is 1. The smallest absolute Gasteiger partial charge is 0.161 e. The van der Waals surface area contributed by atoms with E-state index in [9.17, 15) is 9.50 Å². The lowest BCUT2D eigenvalue weighted by Crippen LogP contribution is -2.19. The van der Waals surface area contributed by atoms with E-state index in [1.807, 2.05) is 25.1 Å². The summed E-state index contributed by atoms with van der Waals surface area (Å²) in [5, 5.41) is 9.73. The summed E-state index contributed by atoms with van der Waals surface area (Å²) in [4.78, 5) is 2.15. The lowest BCUT2D eigenvalue weighted by Gasteiger charge is -2.20. The molecule has 0 fully saturated rings. The molecule has 110 valence electrons.